The predicted octanol–water partition coefficient (Wildman–Crippen LogP) is 3.20. The van der Waals surface area contributed by atoms with Gasteiger partial charge in [0.05, 0.1) is 25.1 Å². The normalized spacial score (nSPS) is 19.8. The summed E-state index contributed by atoms with van der Waals surface area (Å²) in [7, 11) is 0. The van der Waals surface area contributed by atoms with E-state index in [4.69, 9.17) is 14.8 Å². The van der Waals surface area contributed by atoms with Gasteiger partial charge in [0.1, 0.15) is 11.6 Å². The van der Waals surface area contributed by atoms with Crippen molar-refractivity contribution in [2.75, 3.05) is 48.4 Å². The Labute approximate surface area is 202 Å². The molecule has 4 aromatic rings. The maximum atomic E-state index is 12.5. The molecule has 10 nitrogen and oxygen atoms in total. The van der Waals surface area contributed by atoms with Crippen molar-refractivity contribution < 1.29 is 9.53 Å². The van der Waals surface area contributed by atoms with E-state index < -0.39 is 0 Å². The molecule has 1 aliphatic heterocycles. The number of hydrogen-bond donors (Lipinski definition) is 2. The molecule has 1 saturated carbocycles. The average molecular weight is 473 g/mol. The van der Waals surface area contributed by atoms with Crippen molar-refractivity contribution in [1.82, 2.24) is 24.6 Å². The van der Waals surface area contributed by atoms with Gasteiger partial charge in [0.15, 0.2) is 11.5 Å². The maximum Gasteiger partial charge on any atom is 0.228 e. The van der Waals surface area contributed by atoms with Crippen molar-refractivity contribution in [2.24, 2.45) is 11.8 Å². The first-order chi connectivity index (χ1) is 17.1. The van der Waals surface area contributed by atoms with E-state index in [0.29, 0.717) is 17.6 Å². The fourth-order valence-electron chi connectivity index (χ4n) is 4.59. The molecule has 5 heterocycles. The van der Waals surface area contributed by atoms with E-state index in [1.807, 2.05) is 29.8 Å². The quantitative estimate of drug-likeness (QED) is 0.440. The van der Waals surface area contributed by atoms with Crippen LogP contribution in [-0.4, -0.2) is 63.3 Å². The van der Waals surface area contributed by atoms with E-state index in [9.17, 15) is 4.79 Å². The smallest absolute Gasteiger partial charge is 0.228 e. The van der Waals surface area contributed by atoms with Gasteiger partial charge >= 0.3 is 0 Å². The Hall–Kier alpha value is -3.79. The number of carbonyl (C=O) groups is 1. The number of carbonyl (C=O) groups excluding carboxylic acids is 1. The van der Waals surface area contributed by atoms with Crippen LogP contribution in [0.3, 0.4) is 0 Å². The molecule has 6 rings (SSSR count). The van der Waals surface area contributed by atoms with E-state index >= 15 is 0 Å². The summed E-state index contributed by atoms with van der Waals surface area (Å²) >= 11 is 0. The van der Waals surface area contributed by atoms with E-state index in [0.717, 1.165) is 72.8 Å². The molecule has 2 fully saturated rings. The molecular formula is C25H28N8O2. The minimum absolute atomic E-state index is 0.0216. The fraction of sp³-hybridized carbons (Fsp3) is 0.400. The van der Waals surface area contributed by atoms with Crippen molar-refractivity contribution in [2.45, 2.75) is 20.3 Å². The van der Waals surface area contributed by atoms with Crippen LogP contribution >= 0.6 is 0 Å². The van der Waals surface area contributed by atoms with Gasteiger partial charge < -0.3 is 20.3 Å². The minimum Gasteiger partial charge on any atom is -0.378 e. The number of fused-ring (bicyclic) bond motifs is 2. The van der Waals surface area contributed by atoms with Gasteiger partial charge in [0, 0.05) is 54.3 Å². The van der Waals surface area contributed by atoms with Crippen molar-refractivity contribution in [3.8, 4) is 11.4 Å². The molecule has 35 heavy (non-hydrogen) atoms. The summed E-state index contributed by atoms with van der Waals surface area (Å²) in [6, 6.07) is 5.94. The zero-order chi connectivity index (χ0) is 23.9. The topological polar surface area (TPSA) is 110 Å². The molecule has 0 bridgehead atoms. The van der Waals surface area contributed by atoms with Crippen molar-refractivity contribution >= 4 is 39.6 Å². The highest BCUT2D eigenvalue weighted by atomic mass is 16.5. The second kappa shape index (κ2) is 8.77. The highest BCUT2D eigenvalue weighted by Crippen LogP contribution is 2.39. The number of morpholine rings is 1. The number of pyridine rings is 3. The van der Waals surface area contributed by atoms with Crippen LogP contribution in [0.5, 0.6) is 0 Å². The van der Waals surface area contributed by atoms with Gasteiger partial charge in [-0.25, -0.2) is 19.5 Å². The van der Waals surface area contributed by atoms with E-state index in [-0.39, 0.29) is 11.8 Å². The first-order valence-corrected chi connectivity index (χ1v) is 12.1. The number of anilines is 3. The van der Waals surface area contributed by atoms with Crippen LogP contribution in [0.1, 0.15) is 20.3 Å². The lowest BCUT2D eigenvalue weighted by Gasteiger charge is -2.28. The van der Waals surface area contributed by atoms with Crippen LogP contribution in [0.4, 0.5) is 17.3 Å². The SMILES string of the molecule is CCNc1ncc(-c2nc3ccc(N4CCOCC4)cn3n2)c2cc(NC(=O)C3CC3C)ncc12. The average Bonchev–Trinajstić information content (AvgIpc) is 3.47. The second-order valence-corrected chi connectivity index (χ2v) is 9.20. The number of ether oxygens (including phenoxy) is 1. The van der Waals surface area contributed by atoms with Gasteiger partial charge in [-0.15, -0.1) is 5.10 Å². The standard InChI is InChI=1S/C25H28N8O2/c1-3-26-23-19-12-27-21(29-25(34)17-10-15(17)2)11-18(19)20(13-28-23)24-30-22-5-4-16(14-33(22)31-24)32-6-8-35-9-7-32/h4-5,11-15,17H,3,6-10H2,1-2H3,(H,26,28)(H,27,29,34). The summed E-state index contributed by atoms with van der Waals surface area (Å²) < 4.78 is 7.28. The van der Waals surface area contributed by atoms with Gasteiger partial charge in [-0.1, -0.05) is 6.92 Å². The molecule has 2 atom stereocenters. The summed E-state index contributed by atoms with van der Waals surface area (Å²) in [5, 5.41) is 12.8. The predicted molar refractivity (Wildman–Crippen MR) is 135 cm³/mol. The van der Waals surface area contributed by atoms with Gasteiger partial charge in [0.2, 0.25) is 5.91 Å². The van der Waals surface area contributed by atoms with Crippen molar-refractivity contribution in [3.63, 3.8) is 0 Å². The summed E-state index contributed by atoms with van der Waals surface area (Å²) in [5.41, 5.74) is 2.63. The monoisotopic (exact) mass is 472 g/mol. The van der Waals surface area contributed by atoms with Crippen LogP contribution < -0.4 is 15.5 Å². The molecule has 10 heteroatoms. The molecule has 1 aliphatic carbocycles. The maximum absolute atomic E-state index is 12.5. The lowest BCUT2D eigenvalue weighted by Crippen LogP contribution is -2.36. The number of nitrogens with one attached hydrogen (secondary N) is 2. The molecule has 2 N–H and O–H groups in total. The van der Waals surface area contributed by atoms with Gasteiger partial charge in [-0.05, 0) is 37.5 Å². The van der Waals surface area contributed by atoms with Crippen molar-refractivity contribution in [1.29, 1.82) is 0 Å². The van der Waals surface area contributed by atoms with Crippen molar-refractivity contribution in [3.05, 3.63) is 36.8 Å². The molecule has 2 unspecified atom stereocenters. The Morgan fingerprint density at radius 3 is 2.77 bits per heavy atom. The lowest BCUT2D eigenvalue weighted by atomic mass is 10.1. The lowest BCUT2D eigenvalue weighted by molar-refractivity contribution is -0.117. The highest BCUT2D eigenvalue weighted by molar-refractivity contribution is 6.03. The Balaban J connectivity index is 1.40. The van der Waals surface area contributed by atoms with Gasteiger partial charge in [-0.3, -0.25) is 4.79 Å². The molecule has 0 spiro atoms. The van der Waals surface area contributed by atoms with Crippen LogP contribution in [0.2, 0.25) is 0 Å². The molecule has 180 valence electrons. The summed E-state index contributed by atoms with van der Waals surface area (Å²) in [6.07, 6.45) is 6.47. The minimum atomic E-state index is 0.0216. The number of rotatable bonds is 6. The summed E-state index contributed by atoms with van der Waals surface area (Å²) in [5.74, 6) is 2.36. The number of amides is 1. The van der Waals surface area contributed by atoms with Crippen LogP contribution in [0.25, 0.3) is 27.8 Å². The summed E-state index contributed by atoms with van der Waals surface area (Å²) in [6.45, 7) is 8.01. The van der Waals surface area contributed by atoms with Crippen LogP contribution in [0, 0.1) is 11.8 Å². The second-order valence-electron chi connectivity index (χ2n) is 9.20. The summed E-state index contributed by atoms with van der Waals surface area (Å²) in [4.78, 5) is 28.7. The first-order valence-electron chi connectivity index (χ1n) is 12.1. The van der Waals surface area contributed by atoms with Gasteiger partial charge in [0.25, 0.3) is 0 Å². The third kappa shape index (κ3) is 4.14. The Bertz CT molecular complexity index is 1410. The zero-order valence-electron chi connectivity index (χ0n) is 19.9. The largest absolute Gasteiger partial charge is 0.378 e. The first kappa shape index (κ1) is 21.7. The molecule has 0 radical (unpaired) electrons. The van der Waals surface area contributed by atoms with Crippen LogP contribution in [-0.2, 0) is 9.53 Å². The number of hydrogen-bond acceptors (Lipinski definition) is 8. The van der Waals surface area contributed by atoms with E-state index in [1.54, 1.807) is 12.4 Å². The third-order valence-corrected chi connectivity index (χ3v) is 6.75. The fourth-order valence-corrected chi connectivity index (χ4v) is 4.59. The molecule has 4 aromatic heterocycles. The van der Waals surface area contributed by atoms with E-state index in [1.165, 1.54) is 0 Å². The number of aromatic nitrogens is 5. The Morgan fingerprint density at radius 1 is 1.17 bits per heavy atom. The Morgan fingerprint density at radius 2 is 2.00 bits per heavy atom. The van der Waals surface area contributed by atoms with Crippen LogP contribution in [0.15, 0.2) is 36.8 Å². The molecule has 1 amide bonds. The third-order valence-electron chi connectivity index (χ3n) is 6.75. The molecular weight excluding hydrogens is 444 g/mol. The highest BCUT2D eigenvalue weighted by Gasteiger charge is 2.39. The molecule has 1 saturated heterocycles. The zero-order valence-corrected chi connectivity index (χ0v) is 19.9. The number of nitrogens with zero attached hydrogens (tertiary/aromatic N) is 6. The Kier molecular flexibility index (Phi) is 5.44. The van der Waals surface area contributed by atoms with E-state index in [2.05, 4.69) is 38.5 Å². The molecule has 0 aromatic carbocycles. The molecule has 2 aliphatic rings. The van der Waals surface area contributed by atoms with Gasteiger partial charge in [-0.2, -0.15) is 0 Å².